The normalized spacial score (nSPS) is 11.4. The summed E-state index contributed by atoms with van der Waals surface area (Å²) in [4.78, 5) is 11.8. The molecule has 0 bridgehead atoms. The van der Waals surface area contributed by atoms with Crippen molar-refractivity contribution >= 4 is 5.91 Å². The fourth-order valence-electron chi connectivity index (χ4n) is 1.90. The van der Waals surface area contributed by atoms with Gasteiger partial charge in [0.25, 0.3) is 5.91 Å². The molecule has 0 saturated heterocycles. The molecule has 0 saturated carbocycles. The number of hydrogen-bond donors (Lipinski definition) is 1. The van der Waals surface area contributed by atoms with Crippen LogP contribution in [0.25, 0.3) is 0 Å². The van der Waals surface area contributed by atoms with Crippen molar-refractivity contribution in [2.75, 3.05) is 6.54 Å². The highest BCUT2D eigenvalue weighted by atomic mass is 19.4. The number of nitrogens with zero attached hydrogens (tertiary/aromatic N) is 2. The topological polar surface area (TPSA) is 46.9 Å². The summed E-state index contributed by atoms with van der Waals surface area (Å²) in [5.41, 5.74) is -1.28. The Morgan fingerprint density at radius 2 is 2.00 bits per heavy atom. The van der Waals surface area contributed by atoms with Gasteiger partial charge in [-0.2, -0.15) is 18.3 Å². The molecule has 0 aliphatic heterocycles. The van der Waals surface area contributed by atoms with Crippen molar-refractivity contribution < 1.29 is 18.0 Å². The maximum atomic E-state index is 12.8. The lowest BCUT2D eigenvalue weighted by Gasteiger charge is -2.12. The van der Waals surface area contributed by atoms with Gasteiger partial charge in [-0.1, -0.05) is 12.1 Å². The largest absolute Gasteiger partial charge is 0.417 e. The highest BCUT2D eigenvalue weighted by molar-refractivity contribution is 5.95. The van der Waals surface area contributed by atoms with Crippen LogP contribution in [-0.4, -0.2) is 22.2 Å². The zero-order valence-electron chi connectivity index (χ0n) is 11.1. The number of alkyl halides is 3. The maximum absolute atomic E-state index is 12.8. The zero-order chi connectivity index (χ0) is 15.3. The molecule has 2 rings (SSSR count). The molecule has 1 aromatic carbocycles. The summed E-state index contributed by atoms with van der Waals surface area (Å²) in [5.74, 6) is -0.719. The van der Waals surface area contributed by atoms with Crippen LogP contribution in [0.1, 0.15) is 22.3 Å². The molecule has 0 unspecified atom stereocenters. The smallest absolute Gasteiger partial charge is 0.352 e. The number of aromatic nitrogens is 2. The Balaban J connectivity index is 1.92. The molecule has 1 aromatic heterocycles. The number of amides is 1. The first-order valence-corrected chi connectivity index (χ1v) is 6.40. The van der Waals surface area contributed by atoms with Crippen LogP contribution >= 0.6 is 0 Å². The van der Waals surface area contributed by atoms with Crippen molar-refractivity contribution in [3.63, 3.8) is 0 Å². The number of rotatable bonds is 5. The lowest BCUT2D eigenvalue weighted by atomic mass is 10.1. The second-order valence-corrected chi connectivity index (χ2v) is 4.42. The number of hydrogen-bond acceptors (Lipinski definition) is 2. The highest BCUT2D eigenvalue weighted by Crippen LogP contribution is 2.31. The van der Waals surface area contributed by atoms with Crippen LogP contribution in [0.2, 0.25) is 0 Å². The van der Waals surface area contributed by atoms with E-state index >= 15 is 0 Å². The number of nitrogens with one attached hydrogen (secondary N) is 1. The van der Waals surface area contributed by atoms with Crippen LogP contribution in [0.3, 0.4) is 0 Å². The maximum Gasteiger partial charge on any atom is 0.417 e. The summed E-state index contributed by atoms with van der Waals surface area (Å²) < 4.78 is 40.1. The average molecular weight is 297 g/mol. The van der Waals surface area contributed by atoms with E-state index in [0.717, 1.165) is 6.07 Å². The number of carbonyl (C=O) groups is 1. The standard InChI is InChI=1S/C14H14F3N3O/c15-14(16,17)12-6-2-1-5-11(12)13(21)18-7-3-9-20-10-4-8-19-20/h1-2,4-6,8,10H,3,7,9H2,(H,18,21). The van der Waals surface area contributed by atoms with Gasteiger partial charge in [0.1, 0.15) is 0 Å². The fraction of sp³-hybridized carbons (Fsp3) is 0.286. The van der Waals surface area contributed by atoms with Crippen LogP contribution < -0.4 is 5.32 Å². The Labute approximate surface area is 119 Å². The second kappa shape index (κ2) is 6.43. The van der Waals surface area contributed by atoms with Gasteiger partial charge in [-0.15, -0.1) is 0 Å². The van der Waals surface area contributed by atoms with Gasteiger partial charge in [-0.25, -0.2) is 0 Å². The summed E-state index contributed by atoms with van der Waals surface area (Å²) >= 11 is 0. The third kappa shape index (κ3) is 4.08. The molecule has 0 fully saturated rings. The van der Waals surface area contributed by atoms with Crippen molar-refractivity contribution in [1.29, 1.82) is 0 Å². The molecular weight excluding hydrogens is 283 g/mol. The van der Waals surface area contributed by atoms with Crippen molar-refractivity contribution in [3.8, 4) is 0 Å². The monoisotopic (exact) mass is 297 g/mol. The summed E-state index contributed by atoms with van der Waals surface area (Å²) in [7, 11) is 0. The molecule has 0 aliphatic rings. The minimum Gasteiger partial charge on any atom is -0.352 e. The van der Waals surface area contributed by atoms with Crippen LogP contribution in [-0.2, 0) is 12.7 Å². The van der Waals surface area contributed by atoms with Gasteiger partial charge in [0, 0.05) is 25.5 Å². The number of benzene rings is 1. The summed E-state index contributed by atoms with van der Waals surface area (Å²) in [6, 6.07) is 6.52. The second-order valence-electron chi connectivity index (χ2n) is 4.42. The van der Waals surface area contributed by atoms with Gasteiger partial charge >= 0.3 is 6.18 Å². The lowest BCUT2D eigenvalue weighted by Crippen LogP contribution is -2.27. The molecule has 112 valence electrons. The van der Waals surface area contributed by atoms with Crippen molar-refractivity contribution in [2.24, 2.45) is 0 Å². The Hall–Kier alpha value is -2.31. The SMILES string of the molecule is O=C(NCCCn1cccn1)c1ccccc1C(F)(F)F. The molecule has 0 radical (unpaired) electrons. The highest BCUT2D eigenvalue weighted by Gasteiger charge is 2.34. The Morgan fingerprint density at radius 1 is 1.24 bits per heavy atom. The fourth-order valence-corrected chi connectivity index (χ4v) is 1.90. The number of aryl methyl sites for hydroxylation is 1. The minimum atomic E-state index is -4.54. The predicted molar refractivity (Wildman–Crippen MR) is 70.6 cm³/mol. The molecule has 21 heavy (non-hydrogen) atoms. The van der Waals surface area contributed by atoms with E-state index in [1.165, 1.54) is 18.2 Å². The van der Waals surface area contributed by atoms with Crippen LogP contribution in [0.5, 0.6) is 0 Å². The third-order valence-corrected chi connectivity index (χ3v) is 2.89. The minimum absolute atomic E-state index is 0.283. The van der Waals surface area contributed by atoms with Crippen molar-refractivity contribution in [3.05, 3.63) is 53.9 Å². The van der Waals surface area contributed by atoms with Crippen LogP contribution in [0.15, 0.2) is 42.7 Å². The quantitative estimate of drug-likeness (QED) is 0.863. The van der Waals surface area contributed by atoms with E-state index < -0.39 is 17.6 Å². The first-order chi connectivity index (χ1) is 9.98. The van der Waals surface area contributed by atoms with Gasteiger partial charge < -0.3 is 5.32 Å². The van der Waals surface area contributed by atoms with Crippen LogP contribution in [0, 0.1) is 0 Å². The Bertz CT molecular complexity index is 594. The first-order valence-electron chi connectivity index (χ1n) is 6.40. The first kappa shape index (κ1) is 15.1. The van der Waals surface area contributed by atoms with E-state index in [9.17, 15) is 18.0 Å². The molecule has 1 amide bonds. The van der Waals surface area contributed by atoms with E-state index in [0.29, 0.717) is 13.0 Å². The molecule has 2 aromatic rings. The van der Waals surface area contributed by atoms with Gasteiger partial charge in [0.15, 0.2) is 0 Å². The zero-order valence-corrected chi connectivity index (χ0v) is 11.1. The predicted octanol–water partition coefficient (Wildman–Crippen LogP) is 2.72. The Morgan fingerprint density at radius 3 is 2.67 bits per heavy atom. The van der Waals surface area contributed by atoms with Crippen LogP contribution in [0.4, 0.5) is 13.2 Å². The Kier molecular flexibility index (Phi) is 4.62. The van der Waals surface area contributed by atoms with Gasteiger partial charge in [0.05, 0.1) is 11.1 Å². The molecule has 7 heteroatoms. The van der Waals surface area contributed by atoms with E-state index in [-0.39, 0.29) is 12.1 Å². The summed E-state index contributed by atoms with van der Waals surface area (Å²) in [6.45, 7) is 0.874. The molecular formula is C14H14F3N3O. The van der Waals surface area contributed by atoms with E-state index in [4.69, 9.17) is 0 Å². The molecule has 0 atom stereocenters. The molecule has 1 heterocycles. The van der Waals surface area contributed by atoms with Gasteiger partial charge in [-0.3, -0.25) is 9.48 Å². The molecule has 4 nitrogen and oxygen atoms in total. The molecule has 1 N–H and O–H groups in total. The molecule has 0 aliphatic carbocycles. The number of carbonyl (C=O) groups excluding carboxylic acids is 1. The lowest BCUT2D eigenvalue weighted by molar-refractivity contribution is -0.137. The van der Waals surface area contributed by atoms with E-state index in [1.54, 1.807) is 23.1 Å². The third-order valence-electron chi connectivity index (χ3n) is 2.89. The van der Waals surface area contributed by atoms with E-state index in [2.05, 4.69) is 10.4 Å². The summed E-state index contributed by atoms with van der Waals surface area (Å²) in [6.07, 6.45) is -0.538. The van der Waals surface area contributed by atoms with Gasteiger partial charge in [0.2, 0.25) is 0 Å². The summed E-state index contributed by atoms with van der Waals surface area (Å²) in [5, 5.41) is 6.49. The van der Waals surface area contributed by atoms with Gasteiger partial charge in [-0.05, 0) is 24.6 Å². The van der Waals surface area contributed by atoms with Crippen molar-refractivity contribution in [2.45, 2.75) is 19.1 Å². The van der Waals surface area contributed by atoms with E-state index in [1.807, 2.05) is 0 Å². The number of halogens is 3. The average Bonchev–Trinajstić information content (AvgIpc) is 2.95. The van der Waals surface area contributed by atoms with Crippen molar-refractivity contribution in [1.82, 2.24) is 15.1 Å². The molecule has 0 spiro atoms.